The van der Waals surface area contributed by atoms with Crippen LogP contribution in [-0.2, 0) is 18.4 Å². The third-order valence-corrected chi connectivity index (χ3v) is 4.96. The van der Waals surface area contributed by atoms with Crippen molar-refractivity contribution >= 4 is 0 Å². The van der Waals surface area contributed by atoms with Gasteiger partial charge in [-0.1, -0.05) is 18.2 Å². The Hall–Kier alpha value is -0.860. The number of hydrogen-bond donors (Lipinski definition) is 0. The van der Waals surface area contributed by atoms with Crippen LogP contribution in [0.1, 0.15) is 30.0 Å². The highest BCUT2D eigenvalue weighted by Gasteiger charge is 2.36. The van der Waals surface area contributed by atoms with Crippen LogP contribution in [0.25, 0.3) is 0 Å². The molecule has 3 rings (SSSR count). The first kappa shape index (κ1) is 12.2. The molecule has 2 heteroatoms. The number of hydrogen-bond acceptors (Lipinski definition) is 2. The largest absolute Gasteiger partial charge is 0.303 e. The van der Waals surface area contributed by atoms with Crippen LogP contribution in [0.15, 0.2) is 18.2 Å². The topological polar surface area (TPSA) is 6.48 Å². The van der Waals surface area contributed by atoms with E-state index in [9.17, 15) is 0 Å². The van der Waals surface area contributed by atoms with Crippen molar-refractivity contribution in [2.24, 2.45) is 0 Å². The molecule has 2 nitrogen and oxygen atoms in total. The number of nitrogens with zero attached hydrogens (tertiary/aromatic N) is 2. The number of aryl methyl sites for hydroxylation is 2. The van der Waals surface area contributed by atoms with Gasteiger partial charge in [-0.05, 0) is 57.0 Å². The second kappa shape index (κ2) is 4.36. The zero-order valence-corrected chi connectivity index (χ0v) is 11.9. The molecule has 1 unspecified atom stereocenters. The van der Waals surface area contributed by atoms with Gasteiger partial charge in [-0.15, -0.1) is 0 Å². The third kappa shape index (κ3) is 1.88. The van der Waals surface area contributed by atoms with E-state index in [2.05, 4.69) is 49.0 Å². The summed E-state index contributed by atoms with van der Waals surface area (Å²) < 4.78 is 0. The van der Waals surface area contributed by atoms with Gasteiger partial charge in [0.1, 0.15) is 0 Å². The van der Waals surface area contributed by atoms with Gasteiger partial charge in [-0.25, -0.2) is 0 Å². The number of fused-ring (bicyclic) bond motifs is 1. The maximum Gasteiger partial charge on any atom is 0.0557 e. The van der Waals surface area contributed by atoms with Crippen LogP contribution >= 0.6 is 0 Å². The van der Waals surface area contributed by atoms with E-state index in [1.165, 1.54) is 31.4 Å². The minimum Gasteiger partial charge on any atom is -0.303 e. The van der Waals surface area contributed by atoms with Crippen molar-refractivity contribution in [3.8, 4) is 0 Å². The van der Waals surface area contributed by atoms with Gasteiger partial charge < -0.3 is 4.90 Å². The molecule has 1 aromatic rings. The average molecular weight is 244 g/mol. The first-order valence-electron chi connectivity index (χ1n) is 7.12. The van der Waals surface area contributed by atoms with E-state index in [0.717, 1.165) is 13.1 Å². The fourth-order valence-corrected chi connectivity index (χ4v) is 3.51. The minimum absolute atomic E-state index is 0.171. The summed E-state index contributed by atoms with van der Waals surface area (Å²) >= 11 is 0. The Morgan fingerprint density at radius 3 is 2.67 bits per heavy atom. The summed E-state index contributed by atoms with van der Waals surface area (Å²) in [7, 11) is 4.50. The molecular formula is C16H24N2. The van der Waals surface area contributed by atoms with Gasteiger partial charge in [-0.2, -0.15) is 0 Å². The maximum atomic E-state index is 2.52. The molecule has 0 radical (unpaired) electrons. The van der Waals surface area contributed by atoms with Crippen LogP contribution in [-0.4, -0.2) is 43.5 Å². The second-order valence-electron chi connectivity index (χ2n) is 6.27. The van der Waals surface area contributed by atoms with Crippen molar-refractivity contribution in [2.75, 3.05) is 33.7 Å². The van der Waals surface area contributed by atoms with Crippen molar-refractivity contribution < 1.29 is 0 Å². The number of rotatable bonds is 1. The van der Waals surface area contributed by atoms with Crippen LogP contribution in [0.5, 0.6) is 0 Å². The molecule has 0 saturated carbocycles. The Morgan fingerprint density at radius 1 is 1.06 bits per heavy atom. The Morgan fingerprint density at radius 2 is 1.83 bits per heavy atom. The van der Waals surface area contributed by atoms with Crippen molar-refractivity contribution in [3.63, 3.8) is 0 Å². The summed E-state index contributed by atoms with van der Waals surface area (Å²) in [5, 5.41) is 0. The molecule has 0 bridgehead atoms. The predicted molar refractivity (Wildman–Crippen MR) is 75.9 cm³/mol. The number of likely N-dealkylation sites (N-methyl/N-ethyl adjacent to an activating group) is 2. The van der Waals surface area contributed by atoms with Crippen LogP contribution in [0, 0.1) is 0 Å². The molecule has 98 valence electrons. The standard InChI is InChI=1S/C16H24N2/c1-16(12-17(2)9-10-18(16)3)15-8-7-13-5-4-6-14(13)11-15/h7-8,11H,4-6,9-10,12H2,1-3H3. The van der Waals surface area contributed by atoms with Crippen molar-refractivity contribution in [2.45, 2.75) is 31.7 Å². The fraction of sp³-hybridized carbons (Fsp3) is 0.625. The summed E-state index contributed by atoms with van der Waals surface area (Å²) in [6, 6.07) is 7.20. The Bertz CT molecular complexity index is 454. The normalized spacial score (nSPS) is 29.5. The summed E-state index contributed by atoms with van der Waals surface area (Å²) in [4.78, 5) is 4.97. The first-order chi connectivity index (χ1) is 8.59. The lowest BCUT2D eigenvalue weighted by molar-refractivity contribution is 0.0379. The number of piperazine rings is 1. The fourth-order valence-electron chi connectivity index (χ4n) is 3.51. The zero-order valence-electron chi connectivity index (χ0n) is 11.9. The highest BCUT2D eigenvalue weighted by Crippen LogP contribution is 2.33. The van der Waals surface area contributed by atoms with E-state index >= 15 is 0 Å². The van der Waals surface area contributed by atoms with Crippen LogP contribution in [0.3, 0.4) is 0 Å². The zero-order chi connectivity index (χ0) is 12.8. The summed E-state index contributed by atoms with van der Waals surface area (Å²) in [6.45, 7) is 5.85. The quantitative estimate of drug-likeness (QED) is 0.748. The third-order valence-electron chi connectivity index (χ3n) is 4.96. The molecule has 2 aliphatic rings. The van der Waals surface area contributed by atoms with Gasteiger partial charge in [0.05, 0.1) is 5.54 Å². The summed E-state index contributed by atoms with van der Waals surface area (Å²) in [5.74, 6) is 0. The average Bonchev–Trinajstić information content (AvgIpc) is 2.81. The van der Waals surface area contributed by atoms with Crippen LogP contribution in [0.2, 0.25) is 0 Å². The lowest BCUT2D eigenvalue weighted by Gasteiger charge is -2.47. The highest BCUT2D eigenvalue weighted by atomic mass is 15.3. The molecule has 1 aromatic carbocycles. The van der Waals surface area contributed by atoms with E-state index in [-0.39, 0.29) is 5.54 Å². The highest BCUT2D eigenvalue weighted by molar-refractivity contribution is 5.38. The van der Waals surface area contributed by atoms with Crippen molar-refractivity contribution in [3.05, 3.63) is 34.9 Å². The number of benzene rings is 1. The van der Waals surface area contributed by atoms with Crippen molar-refractivity contribution in [1.82, 2.24) is 9.80 Å². The first-order valence-corrected chi connectivity index (χ1v) is 7.12. The maximum absolute atomic E-state index is 2.52. The molecule has 1 atom stereocenters. The molecule has 0 amide bonds. The van der Waals surface area contributed by atoms with E-state index in [1.807, 2.05) is 0 Å². The minimum atomic E-state index is 0.171. The van der Waals surface area contributed by atoms with Crippen LogP contribution < -0.4 is 0 Å². The van der Waals surface area contributed by atoms with Gasteiger partial charge in [0.25, 0.3) is 0 Å². The molecular weight excluding hydrogens is 220 g/mol. The molecule has 1 fully saturated rings. The Balaban J connectivity index is 1.97. The van der Waals surface area contributed by atoms with Crippen molar-refractivity contribution in [1.29, 1.82) is 0 Å². The molecule has 18 heavy (non-hydrogen) atoms. The molecule has 1 heterocycles. The molecule has 1 saturated heterocycles. The molecule has 0 aromatic heterocycles. The van der Waals surface area contributed by atoms with Gasteiger partial charge in [-0.3, -0.25) is 4.90 Å². The molecule has 0 spiro atoms. The molecule has 1 aliphatic carbocycles. The summed E-state index contributed by atoms with van der Waals surface area (Å²) in [6.07, 6.45) is 3.89. The molecule has 0 N–H and O–H groups in total. The van der Waals surface area contributed by atoms with Gasteiger partial charge in [0, 0.05) is 19.6 Å². The second-order valence-corrected chi connectivity index (χ2v) is 6.27. The lowest BCUT2D eigenvalue weighted by atomic mass is 9.86. The predicted octanol–water partition coefficient (Wildman–Crippen LogP) is 2.27. The Labute approximate surface area is 111 Å². The summed E-state index contributed by atoms with van der Waals surface area (Å²) in [5.41, 5.74) is 4.84. The SMILES string of the molecule is CN1CCN(C)C(C)(c2ccc3c(c2)CCC3)C1. The van der Waals surface area contributed by atoms with E-state index in [0.29, 0.717) is 0 Å². The van der Waals surface area contributed by atoms with E-state index in [1.54, 1.807) is 11.1 Å². The van der Waals surface area contributed by atoms with E-state index in [4.69, 9.17) is 0 Å². The van der Waals surface area contributed by atoms with E-state index < -0.39 is 0 Å². The Kier molecular flexibility index (Phi) is 2.95. The lowest BCUT2D eigenvalue weighted by Crippen LogP contribution is -2.56. The monoisotopic (exact) mass is 244 g/mol. The smallest absolute Gasteiger partial charge is 0.0557 e. The molecule has 1 aliphatic heterocycles. The van der Waals surface area contributed by atoms with Gasteiger partial charge in [0.2, 0.25) is 0 Å². The van der Waals surface area contributed by atoms with Gasteiger partial charge in [0.15, 0.2) is 0 Å². The van der Waals surface area contributed by atoms with Gasteiger partial charge >= 0.3 is 0 Å². The van der Waals surface area contributed by atoms with Crippen LogP contribution in [0.4, 0.5) is 0 Å².